The van der Waals surface area contributed by atoms with Crippen LogP contribution in [0.4, 0.5) is 13.2 Å². The first-order chi connectivity index (χ1) is 15.3. The molecule has 0 spiro atoms. The summed E-state index contributed by atoms with van der Waals surface area (Å²) in [6.07, 6.45) is 0.503. The Morgan fingerprint density at radius 2 is 1.88 bits per heavy atom. The van der Waals surface area contributed by atoms with Crippen LogP contribution in [-0.2, 0) is 24.1 Å². The maximum Gasteiger partial charge on any atom is 0.416 e. The highest BCUT2D eigenvalue weighted by molar-refractivity contribution is 5.79. The summed E-state index contributed by atoms with van der Waals surface area (Å²) in [6, 6.07) is 8.61. The van der Waals surface area contributed by atoms with Crippen LogP contribution >= 0.6 is 0 Å². The number of hydrogen-bond acceptors (Lipinski definition) is 4. The SMILES string of the molecule is CNC(=O)C1CN(Cc2ccc(OCc3cc(C(F)(F)F)c(C4CCCC4)cn3)cc2)C1. The minimum absolute atomic E-state index is 0.0205. The molecule has 32 heavy (non-hydrogen) atoms. The third-order valence-corrected chi connectivity index (χ3v) is 6.38. The van der Waals surface area contributed by atoms with Crippen molar-refractivity contribution in [3.63, 3.8) is 0 Å². The van der Waals surface area contributed by atoms with Gasteiger partial charge < -0.3 is 10.1 Å². The molecule has 1 saturated carbocycles. The number of aromatic nitrogens is 1. The largest absolute Gasteiger partial charge is 0.487 e. The summed E-state index contributed by atoms with van der Waals surface area (Å²) in [5.41, 5.74) is 1.08. The van der Waals surface area contributed by atoms with Crippen LogP contribution in [0.3, 0.4) is 0 Å². The molecule has 0 bridgehead atoms. The molecule has 1 aromatic heterocycles. The van der Waals surface area contributed by atoms with Crippen molar-refractivity contribution >= 4 is 5.91 Å². The molecule has 5 nitrogen and oxygen atoms in total. The summed E-state index contributed by atoms with van der Waals surface area (Å²) < 4.78 is 46.6. The third-order valence-electron chi connectivity index (χ3n) is 6.38. The summed E-state index contributed by atoms with van der Waals surface area (Å²) in [6.45, 7) is 2.20. The molecule has 2 aromatic rings. The molecular weight excluding hydrogens is 419 g/mol. The predicted molar refractivity (Wildman–Crippen MR) is 114 cm³/mol. The molecule has 2 aliphatic rings. The summed E-state index contributed by atoms with van der Waals surface area (Å²) in [5, 5.41) is 2.67. The molecule has 2 fully saturated rings. The van der Waals surface area contributed by atoms with Gasteiger partial charge in [0.25, 0.3) is 0 Å². The van der Waals surface area contributed by atoms with E-state index < -0.39 is 11.7 Å². The number of rotatable bonds is 7. The average Bonchev–Trinajstić information content (AvgIpc) is 3.29. The maximum atomic E-state index is 13.6. The van der Waals surface area contributed by atoms with Gasteiger partial charge in [0, 0.05) is 32.9 Å². The Labute approximate surface area is 186 Å². The van der Waals surface area contributed by atoms with Gasteiger partial charge in [0.1, 0.15) is 12.4 Å². The van der Waals surface area contributed by atoms with E-state index in [-0.39, 0.29) is 30.0 Å². The Hall–Kier alpha value is -2.61. The van der Waals surface area contributed by atoms with Gasteiger partial charge >= 0.3 is 6.18 Å². The number of carbonyl (C=O) groups is 1. The fourth-order valence-corrected chi connectivity index (χ4v) is 4.57. The standard InChI is InChI=1S/C24H28F3N3O2/c1-28-23(31)18-13-30(14-18)12-16-6-8-20(9-7-16)32-15-19-10-22(24(25,26)27)21(11-29-19)17-4-2-3-5-17/h6-11,17-18H,2-5,12-15H2,1H3,(H,28,31). The molecule has 8 heteroatoms. The fraction of sp³-hybridized carbons (Fsp3) is 0.500. The number of hydrogen-bond donors (Lipinski definition) is 1. The monoisotopic (exact) mass is 447 g/mol. The number of benzene rings is 1. The van der Waals surface area contributed by atoms with Crippen molar-refractivity contribution in [2.45, 2.75) is 50.9 Å². The molecule has 1 aromatic carbocycles. The van der Waals surface area contributed by atoms with Crippen molar-refractivity contribution < 1.29 is 22.7 Å². The molecule has 1 saturated heterocycles. The molecule has 1 aliphatic carbocycles. The van der Waals surface area contributed by atoms with Crippen molar-refractivity contribution in [3.8, 4) is 5.75 Å². The first kappa shape index (κ1) is 22.6. The van der Waals surface area contributed by atoms with E-state index in [2.05, 4.69) is 15.2 Å². The minimum Gasteiger partial charge on any atom is -0.487 e. The molecule has 1 aliphatic heterocycles. The van der Waals surface area contributed by atoms with E-state index in [1.54, 1.807) is 7.05 Å². The number of amides is 1. The molecule has 172 valence electrons. The molecule has 0 radical (unpaired) electrons. The first-order valence-corrected chi connectivity index (χ1v) is 11.0. The summed E-state index contributed by atoms with van der Waals surface area (Å²) >= 11 is 0. The summed E-state index contributed by atoms with van der Waals surface area (Å²) in [4.78, 5) is 18.0. The molecular formula is C24H28F3N3O2. The second-order valence-electron chi connectivity index (χ2n) is 8.68. The zero-order valence-corrected chi connectivity index (χ0v) is 18.1. The Balaban J connectivity index is 1.34. The maximum absolute atomic E-state index is 13.6. The van der Waals surface area contributed by atoms with E-state index in [1.165, 1.54) is 6.20 Å². The average molecular weight is 448 g/mol. The van der Waals surface area contributed by atoms with Gasteiger partial charge in [-0.25, -0.2) is 0 Å². The highest BCUT2D eigenvalue weighted by Crippen LogP contribution is 2.41. The van der Waals surface area contributed by atoms with Crippen LogP contribution in [-0.4, -0.2) is 35.9 Å². The number of pyridine rings is 1. The van der Waals surface area contributed by atoms with Crippen LogP contribution in [0.5, 0.6) is 5.75 Å². The molecule has 2 heterocycles. The molecule has 1 N–H and O–H groups in total. The smallest absolute Gasteiger partial charge is 0.416 e. The quantitative estimate of drug-likeness (QED) is 0.678. The number of carbonyl (C=O) groups excluding carboxylic acids is 1. The van der Waals surface area contributed by atoms with Gasteiger partial charge in [0.15, 0.2) is 0 Å². The Morgan fingerprint density at radius 3 is 2.50 bits per heavy atom. The van der Waals surface area contributed by atoms with E-state index in [0.717, 1.165) is 56.9 Å². The van der Waals surface area contributed by atoms with Gasteiger partial charge in [-0.1, -0.05) is 25.0 Å². The van der Waals surface area contributed by atoms with E-state index in [1.807, 2.05) is 24.3 Å². The zero-order chi connectivity index (χ0) is 22.7. The van der Waals surface area contributed by atoms with Crippen molar-refractivity contribution in [2.75, 3.05) is 20.1 Å². The number of likely N-dealkylation sites (tertiary alicyclic amines) is 1. The third kappa shape index (κ3) is 5.23. The molecule has 0 atom stereocenters. The molecule has 0 unspecified atom stereocenters. The number of nitrogens with one attached hydrogen (secondary N) is 1. The van der Waals surface area contributed by atoms with Crippen LogP contribution in [0.2, 0.25) is 0 Å². The van der Waals surface area contributed by atoms with E-state index >= 15 is 0 Å². The van der Waals surface area contributed by atoms with E-state index in [4.69, 9.17) is 4.74 Å². The number of halogens is 3. The normalized spacial score (nSPS) is 17.9. The Bertz CT molecular complexity index is 934. The lowest BCUT2D eigenvalue weighted by molar-refractivity contribution is -0.138. The molecule has 1 amide bonds. The fourth-order valence-electron chi connectivity index (χ4n) is 4.57. The second-order valence-corrected chi connectivity index (χ2v) is 8.68. The predicted octanol–water partition coefficient (Wildman–Crippen LogP) is 4.51. The van der Waals surface area contributed by atoms with Crippen LogP contribution < -0.4 is 10.1 Å². The van der Waals surface area contributed by atoms with Crippen LogP contribution in [0.15, 0.2) is 36.5 Å². The van der Waals surface area contributed by atoms with Crippen LogP contribution in [0, 0.1) is 5.92 Å². The Morgan fingerprint density at radius 1 is 1.19 bits per heavy atom. The van der Waals surface area contributed by atoms with Gasteiger partial charge in [-0.3, -0.25) is 14.7 Å². The Kier molecular flexibility index (Phi) is 6.69. The summed E-state index contributed by atoms with van der Waals surface area (Å²) in [7, 11) is 1.65. The topological polar surface area (TPSA) is 54.5 Å². The lowest BCUT2D eigenvalue weighted by Gasteiger charge is -2.38. The van der Waals surface area contributed by atoms with Crippen LogP contribution in [0.25, 0.3) is 0 Å². The first-order valence-electron chi connectivity index (χ1n) is 11.0. The van der Waals surface area contributed by atoms with Crippen molar-refractivity contribution in [1.82, 2.24) is 15.2 Å². The lowest BCUT2D eigenvalue weighted by Crippen LogP contribution is -2.52. The summed E-state index contributed by atoms with van der Waals surface area (Å²) in [5.74, 6) is 0.649. The number of ether oxygens (including phenoxy) is 1. The van der Waals surface area contributed by atoms with Gasteiger partial charge in [-0.05, 0) is 48.1 Å². The number of alkyl halides is 3. The highest BCUT2D eigenvalue weighted by Gasteiger charge is 2.36. The van der Waals surface area contributed by atoms with Gasteiger partial charge in [-0.15, -0.1) is 0 Å². The van der Waals surface area contributed by atoms with Crippen LogP contribution in [0.1, 0.15) is 54.0 Å². The van der Waals surface area contributed by atoms with Crippen molar-refractivity contribution in [1.29, 1.82) is 0 Å². The van der Waals surface area contributed by atoms with Gasteiger partial charge in [0.05, 0.1) is 17.2 Å². The van der Waals surface area contributed by atoms with Gasteiger partial charge in [0.2, 0.25) is 5.91 Å². The zero-order valence-electron chi connectivity index (χ0n) is 18.1. The van der Waals surface area contributed by atoms with Crippen molar-refractivity contribution in [2.24, 2.45) is 5.92 Å². The highest BCUT2D eigenvalue weighted by atomic mass is 19.4. The minimum atomic E-state index is -4.40. The van der Waals surface area contributed by atoms with E-state index in [9.17, 15) is 18.0 Å². The van der Waals surface area contributed by atoms with Crippen molar-refractivity contribution in [3.05, 3.63) is 58.9 Å². The lowest BCUT2D eigenvalue weighted by atomic mass is 9.94. The molecule has 4 rings (SSSR count). The van der Waals surface area contributed by atoms with Gasteiger partial charge in [-0.2, -0.15) is 13.2 Å². The van der Waals surface area contributed by atoms with E-state index in [0.29, 0.717) is 11.3 Å². The second kappa shape index (κ2) is 9.48. The number of nitrogens with zero attached hydrogens (tertiary/aromatic N) is 2.